The molecule has 0 bridgehead atoms. The lowest BCUT2D eigenvalue weighted by Gasteiger charge is -2.18. The van der Waals surface area contributed by atoms with Gasteiger partial charge in [-0.1, -0.05) is 12.5 Å². The zero-order chi connectivity index (χ0) is 21.3. The summed E-state index contributed by atoms with van der Waals surface area (Å²) < 4.78 is 4.63. The molecule has 2 heterocycles. The fourth-order valence-electron chi connectivity index (χ4n) is 4.43. The number of carbonyl (C=O) groups excluding carboxylic acids is 3. The molecule has 4 rings (SSSR count). The van der Waals surface area contributed by atoms with Crippen LogP contribution in [0.4, 0.5) is 5.69 Å². The first kappa shape index (κ1) is 20.1. The number of likely N-dealkylation sites (tertiary alicyclic amines) is 1. The van der Waals surface area contributed by atoms with Gasteiger partial charge in [-0.3, -0.25) is 14.6 Å². The Morgan fingerprint density at radius 1 is 1.07 bits per heavy atom. The smallest absolute Gasteiger partial charge is 0.339 e. The van der Waals surface area contributed by atoms with Crippen LogP contribution in [0.2, 0.25) is 0 Å². The molecule has 30 heavy (non-hydrogen) atoms. The van der Waals surface area contributed by atoms with E-state index in [0.29, 0.717) is 23.1 Å². The highest BCUT2D eigenvalue weighted by Crippen LogP contribution is 2.38. The number of ether oxygens (including phenoxy) is 1. The molecule has 1 saturated carbocycles. The molecule has 1 aliphatic heterocycles. The van der Waals surface area contributed by atoms with Crippen molar-refractivity contribution in [2.24, 2.45) is 11.8 Å². The molecule has 7 heteroatoms. The van der Waals surface area contributed by atoms with Gasteiger partial charge in [0.2, 0.25) is 0 Å². The Labute approximate surface area is 175 Å². The van der Waals surface area contributed by atoms with Gasteiger partial charge >= 0.3 is 5.97 Å². The third-order valence-corrected chi connectivity index (χ3v) is 6.16. The average Bonchev–Trinajstić information content (AvgIpc) is 3.36. The Bertz CT molecular complexity index is 974. The summed E-state index contributed by atoms with van der Waals surface area (Å²) >= 11 is 0. The van der Waals surface area contributed by atoms with Crippen molar-refractivity contribution in [2.75, 3.05) is 25.5 Å². The number of anilines is 1. The van der Waals surface area contributed by atoms with Crippen molar-refractivity contribution >= 4 is 23.5 Å². The Morgan fingerprint density at radius 3 is 2.40 bits per heavy atom. The molecule has 1 aromatic heterocycles. The number of pyridine rings is 1. The van der Waals surface area contributed by atoms with Gasteiger partial charge in [0.05, 0.1) is 12.7 Å². The summed E-state index contributed by atoms with van der Waals surface area (Å²) in [5.41, 5.74) is 2.44. The quantitative estimate of drug-likeness (QED) is 0.786. The van der Waals surface area contributed by atoms with Gasteiger partial charge in [0, 0.05) is 30.5 Å². The second-order valence-corrected chi connectivity index (χ2v) is 8.07. The van der Waals surface area contributed by atoms with E-state index < -0.39 is 11.9 Å². The van der Waals surface area contributed by atoms with Gasteiger partial charge in [0.15, 0.2) is 0 Å². The zero-order valence-corrected chi connectivity index (χ0v) is 17.2. The van der Waals surface area contributed by atoms with Crippen LogP contribution >= 0.6 is 0 Å². The van der Waals surface area contributed by atoms with Crippen LogP contribution in [0.5, 0.6) is 0 Å². The monoisotopic (exact) mass is 407 g/mol. The van der Waals surface area contributed by atoms with E-state index in [1.165, 1.54) is 44.7 Å². The van der Waals surface area contributed by atoms with Crippen LogP contribution in [0.3, 0.4) is 0 Å². The fraction of sp³-hybridized carbons (Fsp3) is 0.391. The van der Waals surface area contributed by atoms with Crippen LogP contribution in [0.15, 0.2) is 36.5 Å². The predicted octanol–water partition coefficient (Wildman–Crippen LogP) is 3.30. The van der Waals surface area contributed by atoms with Crippen molar-refractivity contribution in [1.82, 2.24) is 9.88 Å². The number of nitrogens with zero attached hydrogens (tertiary/aromatic N) is 2. The van der Waals surface area contributed by atoms with Crippen molar-refractivity contribution in [3.05, 3.63) is 58.9 Å². The van der Waals surface area contributed by atoms with Gasteiger partial charge in [-0.05, 0) is 61.4 Å². The van der Waals surface area contributed by atoms with Crippen molar-refractivity contribution in [3.63, 3.8) is 0 Å². The van der Waals surface area contributed by atoms with Gasteiger partial charge in [0.1, 0.15) is 5.69 Å². The molecule has 2 fully saturated rings. The number of hydrogen-bond donors (Lipinski definition) is 1. The van der Waals surface area contributed by atoms with Gasteiger partial charge < -0.3 is 15.0 Å². The van der Waals surface area contributed by atoms with E-state index >= 15 is 0 Å². The summed E-state index contributed by atoms with van der Waals surface area (Å²) in [4.78, 5) is 43.1. The fourth-order valence-corrected chi connectivity index (χ4v) is 4.43. The second-order valence-electron chi connectivity index (χ2n) is 8.07. The zero-order valence-electron chi connectivity index (χ0n) is 17.2. The second kappa shape index (κ2) is 8.26. The Morgan fingerprint density at radius 2 is 1.77 bits per heavy atom. The lowest BCUT2D eigenvalue weighted by Crippen LogP contribution is -2.29. The third-order valence-electron chi connectivity index (χ3n) is 6.16. The maximum Gasteiger partial charge on any atom is 0.339 e. The molecule has 1 N–H and O–H groups in total. The number of rotatable bonds is 4. The molecule has 7 nitrogen and oxygen atoms in total. The van der Waals surface area contributed by atoms with Crippen LogP contribution in [0, 0.1) is 18.8 Å². The van der Waals surface area contributed by atoms with E-state index in [0.717, 1.165) is 18.7 Å². The summed E-state index contributed by atoms with van der Waals surface area (Å²) in [7, 11) is 1.29. The van der Waals surface area contributed by atoms with E-state index in [1.54, 1.807) is 6.07 Å². The summed E-state index contributed by atoms with van der Waals surface area (Å²) in [6.07, 6.45) is 5.00. The highest BCUT2D eigenvalue weighted by Gasteiger charge is 2.38. The third kappa shape index (κ3) is 3.92. The molecule has 2 aromatic rings. The minimum Gasteiger partial charge on any atom is -0.465 e. The highest BCUT2D eigenvalue weighted by molar-refractivity contribution is 6.04. The van der Waals surface area contributed by atoms with Crippen molar-refractivity contribution in [2.45, 2.75) is 26.2 Å². The number of hydrogen-bond acceptors (Lipinski definition) is 5. The van der Waals surface area contributed by atoms with Crippen LogP contribution in [-0.2, 0) is 4.74 Å². The normalized spacial score (nSPS) is 20.0. The number of methoxy groups -OCH3 is 1. The number of nitrogens with one attached hydrogen (secondary N) is 1. The molecular formula is C23H25N3O4. The first-order chi connectivity index (χ1) is 14.5. The van der Waals surface area contributed by atoms with E-state index in [9.17, 15) is 14.4 Å². The molecule has 2 aliphatic rings. The van der Waals surface area contributed by atoms with Crippen LogP contribution in [0.25, 0.3) is 0 Å². The van der Waals surface area contributed by atoms with Crippen LogP contribution in [-0.4, -0.2) is 47.9 Å². The SMILES string of the molecule is COC(=O)c1ccc(C(=O)Nc2cc(C(=O)N3C[C@H]4CCC[C@H]4C3)ccc2C)nc1. The first-order valence-electron chi connectivity index (χ1n) is 10.2. The Kier molecular flexibility index (Phi) is 5.53. The molecular weight excluding hydrogens is 382 g/mol. The van der Waals surface area contributed by atoms with Crippen LogP contribution < -0.4 is 5.32 Å². The van der Waals surface area contributed by atoms with Crippen molar-refractivity contribution < 1.29 is 19.1 Å². The summed E-state index contributed by atoms with van der Waals surface area (Å²) in [5, 5.41) is 2.83. The first-order valence-corrected chi connectivity index (χ1v) is 10.2. The lowest BCUT2D eigenvalue weighted by molar-refractivity contribution is 0.0599. The largest absolute Gasteiger partial charge is 0.465 e. The molecule has 0 radical (unpaired) electrons. The predicted molar refractivity (Wildman–Crippen MR) is 111 cm³/mol. The topological polar surface area (TPSA) is 88.6 Å². The Balaban J connectivity index is 1.47. The molecule has 1 aliphatic carbocycles. The van der Waals surface area contributed by atoms with Gasteiger partial charge in [-0.2, -0.15) is 0 Å². The summed E-state index contributed by atoms with van der Waals surface area (Å²) in [6.45, 7) is 3.53. The summed E-state index contributed by atoms with van der Waals surface area (Å²) in [6, 6.07) is 8.34. The van der Waals surface area contributed by atoms with Crippen molar-refractivity contribution in [3.8, 4) is 0 Å². The number of amides is 2. The molecule has 0 spiro atoms. The lowest BCUT2D eigenvalue weighted by atomic mass is 10.0. The molecule has 1 saturated heterocycles. The van der Waals surface area contributed by atoms with Crippen molar-refractivity contribution in [1.29, 1.82) is 0 Å². The molecule has 156 valence electrons. The number of benzene rings is 1. The Hall–Kier alpha value is -3.22. The van der Waals surface area contributed by atoms with Gasteiger partial charge in [0.25, 0.3) is 11.8 Å². The number of aromatic nitrogens is 1. The summed E-state index contributed by atoms with van der Waals surface area (Å²) in [5.74, 6) is 0.369. The molecule has 1 aromatic carbocycles. The van der Waals surface area contributed by atoms with E-state index in [-0.39, 0.29) is 17.2 Å². The number of fused-ring (bicyclic) bond motifs is 1. The maximum absolute atomic E-state index is 13.0. The number of aryl methyl sites for hydroxylation is 1. The van der Waals surface area contributed by atoms with Gasteiger partial charge in [-0.15, -0.1) is 0 Å². The maximum atomic E-state index is 13.0. The average molecular weight is 407 g/mol. The highest BCUT2D eigenvalue weighted by atomic mass is 16.5. The molecule has 2 amide bonds. The standard InChI is InChI=1S/C23H25N3O4/c1-14-6-7-15(22(28)26-12-17-4-3-5-18(17)13-26)10-20(14)25-21(27)19-9-8-16(11-24-19)23(29)30-2/h6-11,17-18H,3-5,12-13H2,1-2H3,(H,25,27)/t17-,18+. The minimum atomic E-state index is -0.512. The van der Waals surface area contributed by atoms with E-state index in [1.807, 2.05) is 24.0 Å². The number of carbonyl (C=O) groups is 3. The van der Waals surface area contributed by atoms with Gasteiger partial charge in [-0.25, -0.2) is 4.79 Å². The number of esters is 1. The van der Waals surface area contributed by atoms with E-state index in [2.05, 4.69) is 15.0 Å². The van der Waals surface area contributed by atoms with E-state index in [4.69, 9.17) is 0 Å². The molecule has 2 atom stereocenters. The molecule has 0 unspecified atom stereocenters. The van der Waals surface area contributed by atoms with Crippen LogP contribution in [0.1, 0.15) is 56.0 Å². The minimum absolute atomic E-state index is 0.0143.